The lowest BCUT2D eigenvalue weighted by atomic mass is 10.2. The van der Waals surface area contributed by atoms with Crippen molar-refractivity contribution in [1.29, 1.82) is 0 Å². The van der Waals surface area contributed by atoms with Gasteiger partial charge in [-0.15, -0.1) is 12.4 Å². The van der Waals surface area contributed by atoms with E-state index in [1.165, 1.54) is 0 Å². The third-order valence-electron chi connectivity index (χ3n) is 1.97. The molecule has 16 heavy (non-hydrogen) atoms. The minimum Gasteiger partial charge on any atom is -0.327 e. The maximum Gasteiger partial charge on any atom is 0.225 e. The second-order valence-corrected chi connectivity index (χ2v) is 4.13. The monoisotopic (exact) mass is 262 g/mol. The molecule has 1 aromatic rings. The van der Waals surface area contributed by atoms with E-state index < -0.39 is 0 Å². The molecule has 0 aliphatic rings. The van der Waals surface area contributed by atoms with Crippen molar-refractivity contribution in [2.24, 2.45) is 5.73 Å². The number of hydrogen-bond donors (Lipinski definition) is 2. The van der Waals surface area contributed by atoms with Gasteiger partial charge in [0.05, 0.1) is 0 Å². The van der Waals surface area contributed by atoms with Crippen molar-refractivity contribution < 1.29 is 4.79 Å². The Kier molecular flexibility index (Phi) is 6.41. The fourth-order valence-corrected chi connectivity index (χ4v) is 1.49. The molecule has 0 aliphatic carbocycles. The standard InChI is InChI=1S/C11H15ClN2O.ClH/c1-7-5-9(12)3-4-10(7)14-11(15)6-8(2)13;/h3-5,8H,6,13H2,1-2H3,(H,14,15);1H. The van der Waals surface area contributed by atoms with Crippen molar-refractivity contribution in [3.63, 3.8) is 0 Å². The van der Waals surface area contributed by atoms with Crippen LogP contribution in [0.25, 0.3) is 0 Å². The summed E-state index contributed by atoms with van der Waals surface area (Å²) in [6.45, 7) is 3.70. The Balaban J connectivity index is 0.00000225. The Morgan fingerprint density at radius 1 is 1.56 bits per heavy atom. The van der Waals surface area contributed by atoms with Crippen molar-refractivity contribution in [1.82, 2.24) is 0 Å². The second-order valence-electron chi connectivity index (χ2n) is 3.69. The largest absolute Gasteiger partial charge is 0.327 e. The highest BCUT2D eigenvalue weighted by Gasteiger charge is 2.07. The lowest BCUT2D eigenvalue weighted by molar-refractivity contribution is -0.116. The lowest BCUT2D eigenvalue weighted by Crippen LogP contribution is -2.24. The zero-order chi connectivity index (χ0) is 11.4. The predicted molar refractivity (Wildman–Crippen MR) is 70.3 cm³/mol. The van der Waals surface area contributed by atoms with Crippen LogP contribution in [0.1, 0.15) is 18.9 Å². The van der Waals surface area contributed by atoms with Crippen LogP contribution in [0.4, 0.5) is 5.69 Å². The van der Waals surface area contributed by atoms with E-state index in [0.29, 0.717) is 11.4 Å². The van der Waals surface area contributed by atoms with Gasteiger partial charge in [0.2, 0.25) is 5.91 Å². The third-order valence-corrected chi connectivity index (χ3v) is 2.21. The number of carbonyl (C=O) groups excluding carboxylic acids is 1. The van der Waals surface area contributed by atoms with Gasteiger partial charge in [-0.05, 0) is 37.6 Å². The molecule has 0 aliphatic heterocycles. The van der Waals surface area contributed by atoms with E-state index >= 15 is 0 Å². The molecule has 0 heterocycles. The normalized spacial score (nSPS) is 11.5. The number of hydrogen-bond acceptors (Lipinski definition) is 2. The molecular formula is C11H16Cl2N2O. The number of nitrogens with one attached hydrogen (secondary N) is 1. The van der Waals surface area contributed by atoms with Crippen LogP contribution in [-0.4, -0.2) is 11.9 Å². The number of nitrogens with two attached hydrogens (primary N) is 1. The summed E-state index contributed by atoms with van der Waals surface area (Å²) in [6, 6.07) is 5.22. The van der Waals surface area contributed by atoms with E-state index in [1.54, 1.807) is 19.1 Å². The summed E-state index contributed by atoms with van der Waals surface area (Å²) in [5, 5.41) is 3.46. The van der Waals surface area contributed by atoms with Gasteiger partial charge >= 0.3 is 0 Å². The highest BCUT2D eigenvalue weighted by Crippen LogP contribution is 2.19. The van der Waals surface area contributed by atoms with Gasteiger partial charge in [0.25, 0.3) is 0 Å². The van der Waals surface area contributed by atoms with E-state index in [9.17, 15) is 4.79 Å². The molecule has 90 valence electrons. The van der Waals surface area contributed by atoms with Gasteiger partial charge in [-0.25, -0.2) is 0 Å². The smallest absolute Gasteiger partial charge is 0.225 e. The maximum atomic E-state index is 11.4. The van der Waals surface area contributed by atoms with Gasteiger partial charge in [-0.2, -0.15) is 0 Å². The fourth-order valence-electron chi connectivity index (χ4n) is 1.26. The van der Waals surface area contributed by atoms with Crippen LogP contribution >= 0.6 is 24.0 Å². The summed E-state index contributed by atoms with van der Waals surface area (Å²) in [5.41, 5.74) is 7.25. The summed E-state index contributed by atoms with van der Waals surface area (Å²) in [7, 11) is 0. The van der Waals surface area contributed by atoms with Gasteiger partial charge in [0.1, 0.15) is 0 Å². The van der Waals surface area contributed by atoms with Crippen LogP contribution in [0.3, 0.4) is 0 Å². The number of anilines is 1. The third kappa shape index (κ3) is 4.84. The van der Waals surface area contributed by atoms with Crippen molar-refractivity contribution in [2.45, 2.75) is 26.3 Å². The average molecular weight is 263 g/mol. The minimum atomic E-state index is -0.127. The van der Waals surface area contributed by atoms with Crippen molar-refractivity contribution in [3.8, 4) is 0 Å². The SMILES string of the molecule is Cc1cc(Cl)ccc1NC(=O)CC(C)N.Cl. The Morgan fingerprint density at radius 2 is 2.19 bits per heavy atom. The van der Waals surface area contributed by atoms with Crippen LogP contribution in [0, 0.1) is 6.92 Å². The molecule has 0 radical (unpaired) electrons. The van der Waals surface area contributed by atoms with E-state index in [-0.39, 0.29) is 24.4 Å². The van der Waals surface area contributed by atoms with E-state index in [4.69, 9.17) is 17.3 Å². The molecule has 0 saturated heterocycles. The summed E-state index contributed by atoms with van der Waals surface area (Å²) >= 11 is 5.81. The van der Waals surface area contributed by atoms with Crippen molar-refractivity contribution >= 4 is 35.6 Å². The summed E-state index contributed by atoms with van der Waals surface area (Å²) in [6.07, 6.45) is 0.321. The van der Waals surface area contributed by atoms with Gasteiger partial charge in [-0.1, -0.05) is 11.6 Å². The van der Waals surface area contributed by atoms with Crippen LogP contribution in [0.2, 0.25) is 5.02 Å². The number of aryl methyl sites for hydroxylation is 1. The lowest BCUT2D eigenvalue weighted by Gasteiger charge is -2.09. The number of carbonyl (C=O) groups is 1. The number of amides is 1. The zero-order valence-corrected chi connectivity index (χ0v) is 10.9. The number of rotatable bonds is 3. The molecule has 1 unspecified atom stereocenters. The first-order valence-corrected chi connectivity index (χ1v) is 5.18. The molecule has 0 saturated carbocycles. The summed E-state index contributed by atoms with van der Waals surface area (Å²) < 4.78 is 0. The molecule has 0 bridgehead atoms. The molecule has 0 aromatic heterocycles. The molecule has 5 heteroatoms. The molecule has 0 fully saturated rings. The average Bonchev–Trinajstić information content (AvgIpc) is 2.08. The van der Waals surface area contributed by atoms with Gasteiger partial charge in [0.15, 0.2) is 0 Å². The summed E-state index contributed by atoms with van der Waals surface area (Å²) in [5.74, 6) is -0.0737. The first-order chi connectivity index (χ1) is 6.99. The molecule has 3 N–H and O–H groups in total. The van der Waals surface area contributed by atoms with E-state index in [1.807, 2.05) is 13.0 Å². The Morgan fingerprint density at radius 3 is 2.69 bits per heavy atom. The highest BCUT2D eigenvalue weighted by atomic mass is 35.5. The molecule has 1 aromatic carbocycles. The Hall–Kier alpha value is -0.770. The zero-order valence-electron chi connectivity index (χ0n) is 9.29. The molecule has 3 nitrogen and oxygen atoms in total. The fraction of sp³-hybridized carbons (Fsp3) is 0.364. The van der Waals surface area contributed by atoms with E-state index in [2.05, 4.69) is 5.32 Å². The highest BCUT2D eigenvalue weighted by molar-refractivity contribution is 6.30. The van der Waals surface area contributed by atoms with Crippen LogP contribution in [-0.2, 0) is 4.79 Å². The topological polar surface area (TPSA) is 55.1 Å². The molecule has 1 amide bonds. The number of halogens is 2. The Bertz CT molecular complexity index is 367. The molecule has 0 spiro atoms. The van der Waals surface area contributed by atoms with Crippen LogP contribution in [0.15, 0.2) is 18.2 Å². The molecular weight excluding hydrogens is 247 g/mol. The minimum absolute atomic E-state index is 0. The number of benzene rings is 1. The maximum absolute atomic E-state index is 11.4. The van der Waals surface area contributed by atoms with Crippen LogP contribution in [0.5, 0.6) is 0 Å². The van der Waals surface area contributed by atoms with Gasteiger partial charge in [0, 0.05) is 23.2 Å². The van der Waals surface area contributed by atoms with Gasteiger partial charge < -0.3 is 11.1 Å². The van der Waals surface area contributed by atoms with Crippen LogP contribution < -0.4 is 11.1 Å². The predicted octanol–water partition coefficient (Wildman–Crippen LogP) is 2.75. The second kappa shape index (κ2) is 6.74. The van der Waals surface area contributed by atoms with Gasteiger partial charge in [-0.3, -0.25) is 4.79 Å². The summed E-state index contributed by atoms with van der Waals surface area (Å²) in [4.78, 5) is 11.4. The van der Waals surface area contributed by atoms with Crippen molar-refractivity contribution in [3.05, 3.63) is 28.8 Å². The molecule has 1 atom stereocenters. The van der Waals surface area contributed by atoms with Crippen molar-refractivity contribution in [2.75, 3.05) is 5.32 Å². The van der Waals surface area contributed by atoms with E-state index in [0.717, 1.165) is 11.3 Å². The first kappa shape index (κ1) is 15.2. The molecule has 1 rings (SSSR count). The Labute approximate surface area is 107 Å². The first-order valence-electron chi connectivity index (χ1n) is 4.80. The quantitative estimate of drug-likeness (QED) is 0.880.